The summed E-state index contributed by atoms with van der Waals surface area (Å²) in [5.41, 5.74) is 0. The number of hydrogen-bond donors (Lipinski definition) is 1. The van der Waals surface area contributed by atoms with Gasteiger partial charge in [0.05, 0.1) is 13.0 Å². The Hall–Kier alpha value is -1.92. The minimum Gasteiger partial charge on any atom is -0.490 e. The van der Waals surface area contributed by atoms with Gasteiger partial charge in [-0.15, -0.1) is 0 Å². The fourth-order valence-corrected chi connectivity index (χ4v) is 1.41. The van der Waals surface area contributed by atoms with Gasteiger partial charge in [0.15, 0.2) is 11.5 Å². The van der Waals surface area contributed by atoms with Gasteiger partial charge in [-0.2, -0.15) is 13.2 Å². The molecular formula is C13H15F3O4. The largest absolute Gasteiger partial charge is 0.490 e. The molecule has 0 amide bonds. The van der Waals surface area contributed by atoms with E-state index in [1.165, 1.54) is 18.2 Å². The Kier molecular flexibility index (Phi) is 5.66. The van der Waals surface area contributed by atoms with E-state index in [1.807, 2.05) is 6.92 Å². The number of ether oxygens (including phenoxy) is 2. The zero-order valence-corrected chi connectivity index (χ0v) is 10.8. The van der Waals surface area contributed by atoms with Crippen LogP contribution in [0.25, 0.3) is 0 Å². The molecule has 1 aromatic rings. The Bertz CT molecular complexity index is 445. The number of alkyl halides is 3. The first-order valence-electron chi connectivity index (χ1n) is 6.01. The number of hydrogen-bond acceptors (Lipinski definition) is 3. The van der Waals surface area contributed by atoms with Crippen molar-refractivity contribution in [3.63, 3.8) is 0 Å². The summed E-state index contributed by atoms with van der Waals surface area (Å²) in [6.07, 6.45) is -7.65. The first kappa shape index (κ1) is 16.1. The van der Waals surface area contributed by atoms with Crippen molar-refractivity contribution in [1.82, 2.24) is 0 Å². The van der Waals surface area contributed by atoms with Crippen LogP contribution in [0.5, 0.6) is 11.5 Å². The molecule has 0 saturated carbocycles. The van der Waals surface area contributed by atoms with Crippen molar-refractivity contribution in [2.75, 3.05) is 6.61 Å². The maximum absolute atomic E-state index is 12.7. The SMILES string of the molecule is CCCOc1ccccc1OC(CC(=O)O)C(F)(F)F. The van der Waals surface area contributed by atoms with E-state index in [0.717, 1.165) is 0 Å². The molecule has 0 fully saturated rings. The van der Waals surface area contributed by atoms with Crippen LogP contribution in [0.4, 0.5) is 13.2 Å². The van der Waals surface area contributed by atoms with Crippen molar-refractivity contribution < 1.29 is 32.5 Å². The van der Waals surface area contributed by atoms with Crippen LogP contribution < -0.4 is 9.47 Å². The summed E-state index contributed by atoms with van der Waals surface area (Å²) in [4.78, 5) is 10.5. The Morgan fingerprint density at radius 2 is 1.90 bits per heavy atom. The molecule has 0 saturated heterocycles. The third-order valence-electron chi connectivity index (χ3n) is 2.31. The van der Waals surface area contributed by atoms with E-state index in [9.17, 15) is 18.0 Å². The first-order chi connectivity index (χ1) is 9.34. The normalized spacial score (nSPS) is 12.8. The molecule has 4 nitrogen and oxygen atoms in total. The molecule has 0 radical (unpaired) electrons. The summed E-state index contributed by atoms with van der Waals surface area (Å²) in [6, 6.07) is 5.87. The van der Waals surface area contributed by atoms with Crippen molar-refractivity contribution in [3.05, 3.63) is 24.3 Å². The monoisotopic (exact) mass is 292 g/mol. The summed E-state index contributed by atoms with van der Waals surface area (Å²) in [5.74, 6) is -1.54. The average Bonchev–Trinajstić information content (AvgIpc) is 2.35. The summed E-state index contributed by atoms with van der Waals surface area (Å²) < 4.78 is 48.2. The highest BCUT2D eigenvalue weighted by molar-refractivity contribution is 5.67. The third kappa shape index (κ3) is 4.99. The molecule has 0 bridgehead atoms. The van der Waals surface area contributed by atoms with Crippen molar-refractivity contribution >= 4 is 5.97 Å². The fourth-order valence-electron chi connectivity index (χ4n) is 1.41. The summed E-state index contributed by atoms with van der Waals surface area (Å²) >= 11 is 0. The predicted octanol–water partition coefficient (Wildman–Crippen LogP) is 3.26. The lowest BCUT2D eigenvalue weighted by molar-refractivity contribution is -0.200. The van der Waals surface area contributed by atoms with Crippen LogP contribution in [0.15, 0.2) is 24.3 Å². The maximum atomic E-state index is 12.7. The Morgan fingerprint density at radius 3 is 2.40 bits per heavy atom. The minimum absolute atomic E-state index is 0.121. The molecule has 0 spiro atoms. The van der Waals surface area contributed by atoms with E-state index in [1.54, 1.807) is 6.07 Å². The molecule has 20 heavy (non-hydrogen) atoms. The van der Waals surface area contributed by atoms with Gasteiger partial charge in [0, 0.05) is 0 Å². The van der Waals surface area contributed by atoms with Gasteiger partial charge in [-0.1, -0.05) is 19.1 Å². The van der Waals surface area contributed by atoms with Crippen LogP contribution in [0.3, 0.4) is 0 Å². The molecule has 1 aromatic carbocycles. The standard InChI is InChI=1S/C13H15F3O4/c1-2-7-19-9-5-3-4-6-10(9)20-11(8-12(17)18)13(14,15)16/h3-6,11H,2,7-8H2,1H3,(H,17,18). The lowest BCUT2D eigenvalue weighted by Crippen LogP contribution is -2.36. The number of rotatable bonds is 7. The number of aliphatic carboxylic acids is 1. The van der Waals surface area contributed by atoms with Crippen LogP contribution in [0, 0.1) is 0 Å². The predicted molar refractivity (Wildman–Crippen MR) is 65.0 cm³/mol. The average molecular weight is 292 g/mol. The number of benzene rings is 1. The topological polar surface area (TPSA) is 55.8 Å². The molecule has 0 aliphatic rings. The molecular weight excluding hydrogens is 277 g/mol. The molecule has 1 atom stereocenters. The summed E-state index contributed by atoms with van der Waals surface area (Å²) in [7, 11) is 0. The van der Waals surface area contributed by atoms with Crippen molar-refractivity contribution in [2.24, 2.45) is 0 Å². The molecule has 1 unspecified atom stereocenters. The molecule has 112 valence electrons. The zero-order valence-electron chi connectivity index (χ0n) is 10.8. The van der Waals surface area contributed by atoms with Crippen LogP contribution in [0.2, 0.25) is 0 Å². The first-order valence-corrected chi connectivity index (χ1v) is 6.01. The lowest BCUT2D eigenvalue weighted by Gasteiger charge is -2.21. The Labute approximate surface area is 114 Å². The van der Waals surface area contributed by atoms with Gasteiger partial charge in [0.2, 0.25) is 6.10 Å². The minimum atomic E-state index is -4.77. The summed E-state index contributed by atoms with van der Waals surface area (Å²) in [6.45, 7) is 2.18. The number of halogens is 3. The highest BCUT2D eigenvalue weighted by atomic mass is 19.4. The second kappa shape index (κ2) is 7.02. The molecule has 0 heterocycles. The van der Waals surface area contributed by atoms with Crippen LogP contribution in [-0.4, -0.2) is 30.0 Å². The van der Waals surface area contributed by atoms with Gasteiger partial charge in [-0.3, -0.25) is 4.79 Å². The zero-order chi connectivity index (χ0) is 15.2. The van der Waals surface area contributed by atoms with E-state index in [0.29, 0.717) is 13.0 Å². The van der Waals surface area contributed by atoms with Gasteiger partial charge in [0.1, 0.15) is 0 Å². The van der Waals surface area contributed by atoms with Gasteiger partial charge in [-0.05, 0) is 18.6 Å². The molecule has 1 N–H and O–H groups in total. The van der Waals surface area contributed by atoms with E-state index in [-0.39, 0.29) is 11.5 Å². The second-order valence-electron chi connectivity index (χ2n) is 4.04. The molecule has 0 aromatic heterocycles. The van der Waals surface area contributed by atoms with Gasteiger partial charge in [0.25, 0.3) is 0 Å². The van der Waals surface area contributed by atoms with Gasteiger partial charge in [-0.25, -0.2) is 0 Å². The van der Waals surface area contributed by atoms with E-state index in [4.69, 9.17) is 14.6 Å². The molecule has 7 heteroatoms. The Balaban J connectivity index is 2.90. The number of carboxylic acids is 1. The van der Waals surface area contributed by atoms with E-state index < -0.39 is 24.7 Å². The fraction of sp³-hybridized carbons (Fsp3) is 0.462. The van der Waals surface area contributed by atoms with Gasteiger partial charge >= 0.3 is 12.1 Å². The van der Waals surface area contributed by atoms with E-state index >= 15 is 0 Å². The van der Waals surface area contributed by atoms with Crippen molar-refractivity contribution in [3.8, 4) is 11.5 Å². The van der Waals surface area contributed by atoms with Crippen LogP contribution in [0.1, 0.15) is 19.8 Å². The number of para-hydroxylation sites is 2. The smallest absolute Gasteiger partial charge is 0.426 e. The molecule has 0 aliphatic heterocycles. The maximum Gasteiger partial charge on any atom is 0.426 e. The Morgan fingerprint density at radius 1 is 1.30 bits per heavy atom. The lowest BCUT2D eigenvalue weighted by atomic mass is 10.2. The number of carboxylic acid groups (broad SMARTS) is 1. The highest BCUT2D eigenvalue weighted by Crippen LogP contribution is 2.33. The van der Waals surface area contributed by atoms with Crippen LogP contribution in [-0.2, 0) is 4.79 Å². The summed E-state index contributed by atoms with van der Waals surface area (Å²) in [5, 5.41) is 8.52. The quantitative estimate of drug-likeness (QED) is 0.838. The van der Waals surface area contributed by atoms with Crippen molar-refractivity contribution in [1.29, 1.82) is 0 Å². The second-order valence-corrected chi connectivity index (χ2v) is 4.04. The van der Waals surface area contributed by atoms with E-state index in [2.05, 4.69) is 0 Å². The van der Waals surface area contributed by atoms with Gasteiger partial charge < -0.3 is 14.6 Å². The molecule has 0 aliphatic carbocycles. The highest BCUT2D eigenvalue weighted by Gasteiger charge is 2.43. The van der Waals surface area contributed by atoms with Crippen LogP contribution >= 0.6 is 0 Å². The number of carbonyl (C=O) groups is 1. The molecule has 1 rings (SSSR count). The third-order valence-corrected chi connectivity index (χ3v) is 2.31. The van der Waals surface area contributed by atoms with Crippen molar-refractivity contribution in [2.45, 2.75) is 32.0 Å².